The summed E-state index contributed by atoms with van der Waals surface area (Å²) in [5, 5.41) is 0. The maximum atomic E-state index is 13.7. The molecule has 1 aliphatic heterocycles. The van der Waals surface area contributed by atoms with Gasteiger partial charge in [-0.05, 0) is 37.0 Å². The minimum Gasteiger partial charge on any atom is -0.207 e. The van der Waals surface area contributed by atoms with Gasteiger partial charge < -0.3 is 0 Å². The summed E-state index contributed by atoms with van der Waals surface area (Å²) in [4.78, 5) is -0.236. The molecule has 18 heavy (non-hydrogen) atoms. The summed E-state index contributed by atoms with van der Waals surface area (Å²) >= 11 is 3.12. The first-order valence-corrected chi connectivity index (χ1v) is 8.10. The van der Waals surface area contributed by atoms with E-state index in [9.17, 15) is 12.8 Å². The van der Waals surface area contributed by atoms with Crippen LogP contribution in [0.3, 0.4) is 0 Å². The van der Waals surface area contributed by atoms with Gasteiger partial charge in [0.15, 0.2) is 0 Å². The van der Waals surface area contributed by atoms with Crippen molar-refractivity contribution in [3.8, 4) is 0 Å². The lowest BCUT2D eigenvalue weighted by Gasteiger charge is -2.29. The largest absolute Gasteiger partial charge is 0.245 e. The predicted octanol–water partition coefficient (Wildman–Crippen LogP) is 3.01. The zero-order chi connectivity index (χ0) is 13.3. The number of nitrogens with zero attached hydrogens (tertiary/aromatic N) is 1. The van der Waals surface area contributed by atoms with Crippen molar-refractivity contribution < 1.29 is 12.8 Å². The maximum absolute atomic E-state index is 13.7. The lowest BCUT2D eigenvalue weighted by atomic mass is 10.0. The number of rotatable bonds is 2. The second-order valence-corrected chi connectivity index (χ2v) is 7.48. The first-order valence-electron chi connectivity index (χ1n) is 5.86. The minimum absolute atomic E-state index is 0.236. The zero-order valence-electron chi connectivity index (χ0n) is 10.1. The molecule has 0 bridgehead atoms. The minimum atomic E-state index is -3.70. The Balaban J connectivity index is 2.30. The highest BCUT2D eigenvalue weighted by molar-refractivity contribution is 9.10. The molecule has 1 aromatic carbocycles. The van der Waals surface area contributed by atoms with Crippen LogP contribution >= 0.6 is 15.9 Å². The molecular weight excluding hydrogens is 321 g/mol. The van der Waals surface area contributed by atoms with Gasteiger partial charge in [-0.15, -0.1) is 0 Å². The molecule has 0 N–H and O–H groups in total. The zero-order valence-corrected chi connectivity index (χ0v) is 12.5. The highest BCUT2D eigenvalue weighted by atomic mass is 79.9. The molecule has 3 nitrogen and oxygen atoms in total. The first kappa shape index (κ1) is 14.0. The van der Waals surface area contributed by atoms with Gasteiger partial charge in [0.05, 0.1) is 0 Å². The van der Waals surface area contributed by atoms with Crippen molar-refractivity contribution >= 4 is 26.0 Å². The molecule has 1 aromatic rings. The van der Waals surface area contributed by atoms with Crippen LogP contribution in [0.1, 0.15) is 19.8 Å². The van der Waals surface area contributed by atoms with Crippen LogP contribution in [0.15, 0.2) is 27.6 Å². The Morgan fingerprint density at radius 1 is 1.33 bits per heavy atom. The highest BCUT2D eigenvalue weighted by Crippen LogP contribution is 2.26. The second kappa shape index (κ2) is 5.27. The van der Waals surface area contributed by atoms with E-state index in [-0.39, 0.29) is 4.90 Å². The molecule has 0 unspecified atom stereocenters. The SMILES string of the molecule is CC1CCN(S(=O)(=O)c2ccc(Br)cc2F)CC1. The smallest absolute Gasteiger partial charge is 0.207 e. The fourth-order valence-electron chi connectivity index (χ4n) is 2.05. The molecular formula is C12H15BrFNO2S. The van der Waals surface area contributed by atoms with E-state index < -0.39 is 15.8 Å². The lowest BCUT2D eigenvalue weighted by molar-refractivity contribution is 0.287. The fraction of sp³-hybridized carbons (Fsp3) is 0.500. The molecule has 0 atom stereocenters. The van der Waals surface area contributed by atoms with E-state index in [2.05, 4.69) is 22.9 Å². The van der Waals surface area contributed by atoms with Crippen molar-refractivity contribution in [2.24, 2.45) is 5.92 Å². The summed E-state index contributed by atoms with van der Waals surface area (Å²) in [6.45, 7) is 3.04. The van der Waals surface area contributed by atoms with Crippen LogP contribution in [-0.4, -0.2) is 25.8 Å². The van der Waals surface area contributed by atoms with Crippen molar-refractivity contribution in [3.05, 3.63) is 28.5 Å². The van der Waals surface area contributed by atoms with Gasteiger partial charge in [-0.1, -0.05) is 22.9 Å². The summed E-state index contributed by atoms with van der Waals surface area (Å²) in [6.07, 6.45) is 1.66. The van der Waals surface area contributed by atoms with Crippen molar-refractivity contribution in [1.82, 2.24) is 4.31 Å². The van der Waals surface area contributed by atoms with E-state index in [1.807, 2.05) is 0 Å². The molecule has 0 saturated carbocycles. The van der Waals surface area contributed by atoms with Gasteiger partial charge in [0, 0.05) is 17.6 Å². The Morgan fingerprint density at radius 3 is 2.50 bits per heavy atom. The summed E-state index contributed by atoms with van der Waals surface area (Å²) in [6, 6.07) is 4.04. The van der Waals surface area contributed by atoms with Crippen LogP contribution in [0, 0.1) is 11.7 Å². The van der Waals surface area contributed by atoms with Crippen molar-refractivity contribution in [2.75, 3.05) is 13.1 Å². The molecule has 1 aliphatic rings. The number of hydrogen-bond donors (Lipinski definition) is 0. The number of benzene rings is 1. The Morgan fingerprint density at radius 2 is 1.94 bits per heavy atom. The third-order valence-electron chi connectivity index (χ3n) is 3.25. The van der Waals surface area contributed by atoms with Crippen LogP contribution in [0.4, 0.5) is 4.39 Å². The van der Waals surface area contributed by atoms with Crippen LogP contribution in [-0.2, 0) is 10.0 Å². The Hall–Kier alpha value is -0.460. The lowest BCUT2D eigenvalue weighted by Crippen LogP contribution is -2.38. The standard InChI is InChI=1S/C12H15BrFNO2S/c1-9-4-6-15(7-5-9)18(16,17)12-3-2-10(13)8-11(12)14/h2-3,8-9H,4-7H2,1H3. The number of halogens is 2. The molecule has 0 spiro atoms. The Bertz CT molecular complexity index is 539. The third-order valence-corrected chi connectivity index (χ3v) is 5.68. The quantitative estimate of drug-likeness (QED) is 0.833. The summed E-state index contributed by atoms with van der Waals surface area (Å²) in [7, 11) is -3.70. The van der Waals surface area contributed by atoms with Gasteiger partial charge in [-0.25, -0.2) is 12.8 Å². The average molecular weight is 336 g/mol. The molecule has 1 saturated heterocycles. The van der Waals surface area contributed by atoms with E-state index in [1.165, 1.54) is 16.4 Å². The Labute approximate surface area is 115 Å². The first-order chi connectivity index (χ1) is 8.41. The number of hydrogen-bond acceptors (Lipinski definition) is 2. The van der Waals surface area contributed by atoms with Gasteiger partial charge in [0.1, 0.15) is 10.7 Å². The maximum Gasteiger partial charge on any atom is 0.245 e. The molecule has 6 heteroatoms. The average Bonchev–Trinajstić information content (AvgIpc) is 2.29. The summed E-state index contributed by atoms with van der Waals surface area (Å²) in [5.41, 5.74) is 0. The van der Waals surface area contributed by atoms with Crippen molar-refractivity contribution in [3.63, 3.8) is 0 Å². The predicted molar refractivity (Wildman–Crippen MR) is 71.3 cm³/mol. The number of piperidine rings is 1. The van der Waals surface area contributed by atoms with E-state index in [1.54, 1.807) is 6.07 Å². The van der Waals surface area contributed by atoms with Crippen LogP contribution in [0.5, 0.6) is 0 Å². The van der Waals surface area contributed by atoms with Gasteiger partial charge in [0.25, 0.3) is 0 Å². The topological polar surface area (TPSA) is 37.4 Å². The van der Waals surface area contributed by atoms with Crippen molar-refractivity contribution in [1.29, 1.82) is 0 Å². The highest BCUT2D eigenvalue weighted by Gasteiger charge is 2.30. The molecule has 0 radical (unpaired) electrons. The van der Waals surface area contributed by atoms with Gasteiger partial charge >= 0.3 is 0 Å². The van der Waals surface area contributed by atoms with Crippen LogP contribution in [0.2, 0.25) is 0 Å². The van der Waals surface area contributed by atoms with Gasteiger partial charge in [-0.2, -0.15) is 4.31 Å². The molecule has 0 aromatic heterocycles. The van der Waals surface area contributed by atoms with E-state index >= 15 is 0 Å². The molecule has 1 heterocycles. The van der Waals surface area contributed by atoms with E-state index in [0.717, 1.165) is 12.8 Å². The fourth-order valence-corrected chi connectivity index (χ4v) is 3.90. The molecule has 1 fully saturated rings. The van der Waals surface area contributed by atoms with Crippen LogP contribution < -0.4 is 0 Å². The summed E-state index contributed by atoms with van der Waals surface area (Å²) in [5.74, 6) is -0.172. The van der Waals surface area contributed by atoms with Gasteiger partial charge in [0.2, 0.25) is 10.0 Å². The summed E-state index contributed by atoms with van der Waals surface area (Å²) < 4.78 is 40.2. The Kier molecular flexibility index (Phi) is 4.08. The second-order valence-electron chi connectivity index (χ2n) is 4.66. The molecule has 2 rings (SSSR count). The van der Waals surface area contributed by atoms with Crippen molar-refractivity contribution in [2.45, 2.75) is 24.7 Å². The van der Waals surface area contributed by atoms with Crippen LogP contribution in [0.25, 0.3) is 0 Å². The molecule has 0 aliphatic carbocycles. The van der Waals surface area contributed by atoms with E-state index in [4.69, 9.17) is 0 Å². The third kappa shape index (κ3) is 2.75. The molecule has 100 valence electrons. The number of sulfonamides is 1. The molecule has 0 amide bonds. The van der Waals surface area contributed by atoms with Gasteiger partial charge in [-0.3, -0.25) is 0 Å². The normalized spacial score (nSPS) is 19.1. The monoisotopic (exact) mass is 335 g/mol. The van der Waals surface area contributed by atoms with E-state index in [0.29, 0.717) is 23.5 Å².